The maximum atomic E-state index is 12.7. The highest BCUT2D eigenvalue weighted by atomic mass is 16.5. The van der Waals surface area contributed by atoms with Crippen LogP contribution in [0.15, 0.2) is 23.8 Å². The molecule has 0 spiro atoms. The summed E-state index contributed by atoms with van der Waals surface area (Å²) in [5.74, 6) is 1.28. The highest BCUT2D eigenvalue weighted by Gasteiger charge is 2.67. The fraction of sp³-hybridized carbons (Fsp3) is 0.769. The van der Waals surface area contributed by atoms with Crippen molar-refractivity contribution >= 4 is 11.8 Å². The van der Waals surface area contributed by atoms with Crippen LogP contribution in [0.25, 0.3) is 0 Å². The third kappa shape index (κ3) is 2.32. The Morgan fingerprint density at radius 1 is 1.10 bits per heavy atom. The summed E-state index contributed by atoms with van der Waals surface area (Å²) in [6.07, 6.45) is 10.2. The molecule has 4 heteroatoms. The standard InChI is InChI=1S/C26H36O4/c1-23(2)19-13-21(28)26(5)17-7-6-16(15-12-22(29)30-14-15)24(17,3)10-8-18(26)25(19,4)11-9-20(23)27/h7,9,11,15-16,18-19,21,28H,6,8,10,12-14H2,1-5H3/t15-,16+,18-,19+,21-,24+,25-,26+/m1/s1. The fourth-order valence-electron chi connectivity index (χ4n) is 8.81. The molecule has 1 saturated heterocycles. The van der Waals surface area contributed by atoms with Gasteiger partial charge in [-0.25, -0.2) is 0 Å². The lowest BCUT2D eigenvalue weighted by molar-refractivity contribution is -0.165. The SMILES string of the molecule is CC1(C)C(=O)C=C[C@]2(C)[C@H]3CC[C@]4(C)C(=CC[C@H]4[C@H]4COC(=O)C4)[C@]3(C)[C@H](O)C[C@@H]12. The van der Waals surface area contributed by atoms with Crippen LogP contribution >= 0.6 is 0 Å². The predicted octanol–water partition coefficient (Wildman–Crippen LogP) is 4.47. The van der Waals surface area contributed by atoms with Crippen molar-refractivity contribution in [2.24, 2.45) is 45.3 Å². The number of ketones is 1. The lowest BCUT2D eigenvalue weighted by Gasteiger charge is -2.66. The molecule has 0 radical (unpaired) electrons. The van der Waals surface area contributed by atoms with E-state index in [1.54, 1.807) is 0 Å². The Kier molecular flexibility index (Phi) is 4.16. The van der Waals surface area contributed by atoms with Crippen LogP contribution in [0.4, 0.5) is 0 Å². The monoisotopic (exact) mass is 412 g/mol. The van der Waals surface area contributed by atoms with E-state index in [1.807, 2.05) is 6.08 Å². The van der Waals surface area contributed by atoms with Crippen molar-refractivity contribution in [3.05, 3.63) is 23.8 Å². The van der Waals surface area contributed by atoms with E-state index in [9.17, 15) is 14.7 Å². The van der Waals surface area contributed by atoms with Gasteiger partial charge in [0.15, 0.2) is 5.78 Å². The zero-order valence-electron chi connectivity index (χ0n) is 19.0. The molecule has 5 aliphatic rings. The van der Waals surface area contributed by atoms with Gasteiger partial charge in [0.1, 0.15) is 0 Å². The molecule has 0 bridgehead atoms. The summed E-state index contributed by atoms with van der Waals surface area (Å²) in [6, 6.07) is 0. The Morgan fingerprint density at radius 2 is 1.83 bits per heavy atom. The van der Waals surface area contributed by atoms with Crippen LogP contribution in [-0.4, -0.2) is 29.6 Å². The number of fused-ring (bicyclic) bond motifs is 5. The van der Waals surface area contributed by atoms with Gasteiger partial charge in [-0.1, -0.05) is 52.3 Å². The summed E-state index contributed by atoms with van der Waals surface area (Å²) in [4.78, 5) is 24.5. The number of carbonyl (C=O) groups is 2. The minimum atomic E-state index is -0.453. The van der Waals surface area contributed by atoms with E-state index >= 15 is 0 Å². The molecule has 30 heavy (non-hydrogen) atoms. The summed E-state index contributed by atoms with van der Waals surface area (Å²) in [7, 11) is 0. The zero-order chi connectivity index (χ0) is 21.7. The molecule has 0 aromatic carbocycles. The second-order valence-electron chi connectivity index (χ2n) is 12.0. The van der Waals surface area contributed by atoms with E-state index in [0.717, 1.165) is 19.3 Å². The van der Waals surface area contributed by atoms with Gasteiger partial charge < -0.3 is 9.84 Å². The first-order valence-electron chi connectivity index (χ1n) is 11.7. The minimum Gasteiger partial charge on any atom is -0.465 e. The van der Waals surface area contributed by atoms with Crippen molar-refractivity contribution < 1.29 is 19.4 Å². The smallest absolute Gasteiger partial charge is 0.306 e. The topological polar surface area (TPSA) is 63.6 Å². The Labute approximate surface area is 180 Å². The molecule has 1 N–H and O–H groups in total. The third-order valence-corrected chi connectivity index (χ3v) is 10.5. The lowest BCUT2D eigenvalue weighted by Crippen LogP contribution is -2.63. The number of hydrogen-bond acceptors (Lipinski definition) is 4. The van der Waals surface area contributed by atoms with Crippen molar-refractivity contribution in [2.75, 3.05) is 6.61 Å². The molecule has 0 aromatic rings. The Hall–Kier alpha value is -1.42. The largest absolute Gasteiger partial charge is 0.465 e. The summed E-state index contributed by atoms with van der Waals surface area (Å²) in [6.45, 7) is 11.6. The van der Waals surface area contributed by atoms with E-state index in [2.05, 4.69) is 46.8 Å². The fourth-order valence-corrected chi connectivity index (χ4v) is 8.81. The van der Waals surface area contributed by atoms with Crippen molar-refractivity contribution in [1.82, 2.24) is 0 Å². The number of cyclic esters (lactones) is 1. The van der Waals surface area contributed by atoms with Gasteiger partial charge in [-0.05, 0) is 60.3 Å². The quantitative estimate of drug-likeness (QED) is 0.510. The molecule has 4 aliphatic carbocycles. The molecule has 3 fully saturated rings. The molecule has 0 aromatic heterocycles. The molecule has 1 aliphatic heterocycles. The Balaban J connectivity index is 1.55. The van der Waals surface area contributed by atoms with Gasteiger partial charge in [0, 0.05) is 16.7 Å². The van der Waals surface area contributed by atoms with Crippen LogP contribution < -0.4 is 0 Å². The predicted molar refractivity (Wildman–Crippen MR) is 114 cm³/mol. The van der Waals surface area contributed by atoms with Gasteiger partial charge in [-0.3, -0.25) is 9.59 Å². The molecule has 2 saturated carbocycles. The van der Waals surface area contributed by atoms with Crippen LogP contribution in [0.2, 0.25) is 0 Å². The molecule has 8 atom stereocenters. The number of rotatable bonds is 1. The van der Waals surface area contributed by atoms with Crippen LogP contribution in [-0.2, 0) is 14.3 Å². The van der Waals surface area contributed by atoms with E-state index in [0.29, 0.717) is 31.3 Å². The first-order valence-corrected chi connectivity index (χ1v) is 11.7. The average Bonchev–Trinajstić information content (AvgIpc) is 3.25. The summed E-state index contributed by atoms with van der Waals surface area (Å²) < 4.78 is 5.32. The van der Waals surface area contributed by atoms with Gasteiger partial charge in [0.25, 0.3) is 0 Å². The molecular weight excluding hydrogens is 376 g/mol. The van der Waals surface area contributed by atoms with Crippen molar-refractivity contribution in [2.45, 2.75) is 72.8 Å². The van der Waals surface area contributed by atoms with Crippen molar-refractivity contribution in [3.8, 4) is 0 Å². The lowest BCUT2D eigenvalue weighted by atomic mass is 9.38. The first-order chi connectivity index (χ1) is 14.0. The highest BCUT2D eigenvalue weighted by molar-refractivity contribution is 5.95. The van der Waals surface area contributed by atoms with E-state index in [-0.39, 0.29) is 39.8 Å². The number of allylic oxidation sites excluding steroid dienone is 3. The maximum Gasteiger partial charge on any atom is 0.306 e. The first kappa shape index (κ1) is 20.5. The Morgan fingerprint density at radius 3 is 2.50 bits per heavy atom. The summed E-state index contributed by atoms with van der Waals surface area (Å²) in [5, 5.41) is 11.6. The van der Waals surface area contributed by atoms with Gasteiger partial charge in [-0.15, -0.1) is 0 Å². The van der Waals surface area contributed by atoms with Crippen molar-refractivity contribution in [3.63, 3.8) is 0 Å². The van der Waals surface area contributed by atoms with Crippen molar-refractivity contribution in [1.29, 1.82) is 0 Å². The second kappa shape index (κ2) is 6.09. The molecule has 5 rings (SSSR count). The number of esters is 1. The second-order valence-corrected chi connectivity index (χ2v) is 12.0. The number of hydrogen-bond donors (Lipinski definition) is 1. The van der Waals surface area contributed by atoms with Crippen LogP contribution in [0, 0.1) is 45.3 Å². The number of aliphatic hydroxyl groups excluding tert-OH is 1. The van der Waals surface area contributed by atoms with E-state index < -0.39 is 11.5 Å². The average molecular weight is 413 g/mol. The molecule has 1 heterocycles. The molecule has 0 unspecified atom stereocenters. The maximum absolute atomic E-state index is 12.7. The van der Waals surface area contributed by atoms with E-state index in [4.69, 9.17) is 4.74 Å². The summed E-state index contributed by atoms with van der Waals surface area (Å²) >= 11 is 0. The van der Waals surface area contributed by atoms with Gasteiger partial charge in [-0.2, -0.15) is 0 Å². The van der Waals surface area contributed by atoms with Crippen LogP contribution in [0.3, 0.4) is 0 Å². The van der Waals surface area contributed by atoms with E-state index in [1.165, 1.54) is 5.57 Å². The van der Waals surface area contributed by atoms with Gasteiger partial charge in [0.2, 0.25) is 0 Å². The van der Waals surface area contributed by atoms with Gasteiger partial charge in [0.05, 0.1) is 19.1 Å². The highest BCUT2D eigenvalue weighted by Crippen LogP contribution is 2.72. The van der Waals surface area contributed by atoms with Gasteiger partial charge >= 0.3 is 5.97 Å². The zero-order valence-corrected chi connectivity index (χ0v) is 19.0. The minimum absolute atomic E-state index is 0.0117. The number of ether oxygens (including phenoxy) is 1. The van der Waals surface area contributed by atoms with Crippen LogP contribution in [0.1, 0.15) is 66.7 Å². The number of carbonyl (C=O) groups excluding carboxylic acids is 2. The number of aliphatic hydroxyl groups is 1. The molecular formula is C26H36O4. The molecule has 4 nitrogen and oxygen atoms in total. The normalized spacial score (nSPS) is 51.7. The third-order valence-electron chi connectivity index (χ3n) is 10.5. The summed E-state index contributed by atoms with van der Waals surface area (Å²) in [5.41, 5.74) is 0.583. The molecule has 164 valence electrons. The van der Waals surface area contributed by atoms with Crippen LogP contribution in [0.5, 0.6) is 0 Å². The molecule has 0 amide bonds. The Bertz CT molecular complexity index is 868.